The molecule has 0 saturated carbocycles. The van der Waals surface area contributed by atoms with Crippen LogP contribution < -0.4 is 4.74 Å². The van der Waals surface area contributed by atoms with Crippen molar-refractivity contribution in [2.24, 2.45) is 0 Å². The van der Waals surface area contributed by atoms with Crippen LogP contribution in [0.5, 0.6) is 5.75 Å². The topological polar surface area (TPSA) is 49.8 Å². The molecule has 6 heteroatoms. The maximum atomic E-state index is 10.4. The molecule has 0 saturated heterocycles. The molecule has 0 fully saturated rings. The van der Waals surface area contributed by atoms with Crippen molar-refractivity contribution in [2.45, 2.75) is 12.8 Å². The minimum absolute atomic E-state index is 0. The predicted octanol–water partition coefficient (Wildman–Crippen LogP) is 2.94. The van der Waals surface area contributed by atoms with Gasteiger partial charge >= 0.3 is 5.97 Å². The number of benzene rings is 1. The normalized spacial score (nSPS) is 10.1. The van der Waals surface area contributed by atoms with Gasteiger partial charge in [-0.15, -0.1) is 12.4 Å². The molecule has 108 valence electrons. The number of rotatable bonds is 8. The number of hydrogen-bond acceptors (Lipinski definition) is 3. The lowest BCUT2D eigenvalue weighted by Crippen LogP contribution is -2.24. The lowest BCUT2D eigenvalue weighted by atomic mass is 10.3. The number of halogens is 2. The summed E-state index contributed by atoms with van der Waals surface area (Å²) in [5, 5.41) is 9.23. The van der Waals surface area contributed by atoms with Crippen LogP contribution in [0, 0.1) is 0 Å². The highest BCUT2D eigenvalue weighted by Crippen LogP contribution is 2.15. The Balaban J connectivity index is 0.00000324. The molecule has 19 heavy (non-hydrogen) atoms. The van der Waals surface area contributed by atoms with E-state index in [1.165, 1.54) is 0 Å². The van der Waals surface area contributed by atoms with E-state index in [0.29, 0.717) is 18.2 Å². The van der Waals surface area contributed by atoms with Crippen LogP contribution in [0.1, 0.15) is 12.8 Å². The van der Waals surface area contributed by atoms with Gasteiger partial charge in [0.15, 0.2) is 0 Å². The monoisotopic (exact) mass is 307 g/mol. The summed E-state index contributed by atoms with van der Waals surface area (Å²) in [6.07, 6.45) is 1.04. The van der Waals surface area contributed by atoms with Gasteiger partial charge in [0.1, 0.15) is 5.75 Å². The predicted molar refractivity (Wildman–Crippen MR) is 78.6 cm³/mol. The lowest BCUT2D eigenvalue weighted by Gasteiger charge is -2.15. The van der Waals surface area contributed by atoms with Crippen LogP contribution in [0.15, 0.2) is 24.3 Å². The van der Waals surface area contributed by atoms with Gasteiger partial charge in [0.2, 0.25) is 0 Å². The van der Waals surface area contributed by atoms with E-state index in [9.17, 15) is 4.79 Å². The SMILES string of the molecule is CN(CCCOc1ccc(Cl)cc1)CCC(=O)O.Cl. The molecule has 0 aliphatic rings. The summed E-state index contributed by atoms with van der Waals surface area (Å²) in [6.45, 7) is 2.00. The van der Waals surface area contributed by atoms with Crippen LogP contribution in [0.4, 0.5) is 0 Å². The molecule has 0 amide bonds. The van der Waals surface area contributed by atoms with Crippen molar-refractivity contribution in [1.82, 2.24) is 4.90 Å². The fourth-order valence-corrected chi connectivity index (χ4v) is 1.58. The second kappa shape index (κ2) is 9.89. The summed E-state index contributed by atoms with van der Waals surface area (Å²) in [4.78, 5) is 12.4. The number of hydrogen-bond donors (Lipinski definition) is 1. The molecule has 1 aromatic carbocycles. The van der Waals surface area contributed by atoms with Crippen molar-refractivity contribution in [3.05, 3.63) is 29.3 Å². The van der Waals surface area contributed by atoms with E-state index >= 15 is 0 Å². The van der Waals surface area contributed by atoms with E-state index in [0.717, 1.165) is 18.7 Å². The largest absolute Gasteiger partial charge is 0.494 e. The molecule has 0 aliphatic heterocycles. The van der Waals surface area contributed by atoms with Crippen molar-refractivity contribution >= 4 is 30.0 Å². The molecule has 1 N–H and O–H groups in total. The van der Waals surface area contributed by atoms with Crippen molar-refractivity contribution in [3.63, 3.8) is 0 Å². The number of carboxylic acids is 1. The first-order valence-corrected chi connectivity index (χ1v) is 6.24. The van der Waals surface area contributed by atoms with Crippen LogP contribution in [0.25, 0.3) is 0 Å². The lowest BCUT2D eigenvalue weighted by molar-refractivity contribution is -0.137. The molecule has 0 aliphatic carbocycles. The Morgan fingerprint density at radius 2 is 1.95 bits per heavy atom. The molecule has 4 nitrogen and oxygen atoms in total. The highest BCUT2D eigenvalue weighted by atomic mass is 35.5. The van der Waals surface area contributed by atoms with E-state index < -0.39 is 5.97 Å². The summed E-state index contributed by atoms with van der Waals surface area (Å²) in [7, 11) is 1.91. The zero-order valence-electron chi connectivity index (χ0n) is 10.8. The van der Waals surface area contributed by atoms with Crippen molar-refractivity contribution < 1.29 is 14.6 Å². The molecular formula is C13H19Cl2NO3. The van der Waals surface area contributed by atoms with Crippen LogP contribution in [0.2, 0.25) is 5.02 Å². The maximum absolute atomic E-state index is 10.4. The number of ether oxygens (including phenoxy) is 1. The number of aliphatic carboxylic acids is 1. The summed E-state index contributed by atoms with van der Waals surface area (Å²) in [6, 6.07) is 7.23. The third-order valence-corrected chi connectivity index (χ3v) is 2.73. The van der Waals surface area contributed by atoms with Gasteiger partial charge in [0, 0.05) is 18.1 Å². The zero-order chi connectivity index (χ0) is 13.4. The van der Waals surface area contributed by atoms with Crippen molar-refractivity contribution in [3.8, 4) is 5.75 Å². The van der Waals surface area contributed by atoms with Crippen LogP contribution in [-0.2, 0) is 4.79 Å². The fourth-order valence-electron chi connectivity index (χ4n) is 1.45. The smallest absolute Gasteiger partial charge is 0.304 e. The third-order valence-electron chi connectivity index (χ3n) is 2.47. The molecule has 0 bridgehead atoms. The first-order chi connectivity index (χ1) is 8.58. The van der Waals surface area contributed by atoms with E-state index in [1.54, 1.807) is 12.1 Å². The van der Waals surface area contributed by atoms with E-state index in [2.05, 4.69) is 0 Å². The van der Waals surface area contributed by atoms with Gasteiger partial charge in [-0.2, -0.15) is 0 Å². The molecule has 0 spiro atoms. The van der Waals surface area contributed by atoms with Gasteiger partial charge in [-0.3, -0.25) is 4.79 Å². The summed E-state index contributed by atoms with van der Waals surface area (Å²) < 4.78 is 5.54. The first-order valence-electron chi connectivity index (χ1n) is 5.86. The van der Waals surface area contributed by atoms with Gasteiger partial charge in [-0.25, -0.2) is 0 Å². The summed E-state index contributed by atoms with van der Waals surface area (Å²) in [5.74, 6) is 0.0341. The molecular weight excluding hydrogens is 289 g/mol. The Hall–Kier alpha value is -0.970. The van der Waals surface area contributed by atoms with Crippen LogP contribution >= 0.6 is 24.0 Å². The Morgan fingerprint density at radius 3 is 2.53 bits per heavy atom. The van der Waals surface area contributed by atoms with Crippen LogP contribution in [0.3, 0.4) is 0 Å². The highest BCUT2D eigenvalue weighted by Gasteiger charge is 2.02. The van der Waals surface area contributed by atoms with Crippen molar-refractivity contribution in [2.75, 3.05) is 26.7 Å². The molecule has 0 heterocycles. The quantitative estimate of drug-likeness (QED) is 0.750. The Morgan fingerprint density at radius 1 is 1.32 bits per heavy atom. The molecule has 0 radical (unpaired) electrons. The average Bonchev–Trinajstić information content (AvgIpc) is 2.34. The Kier molecular flexibility index (Phi) is 9.39. The second-order valence-electron chi connectivity index (χ2n) is 4.10. The molecule has 0 atom stereocenters. The summed E-state index contributed by atoms with van der Waals surface area (Å²) in [5.41, 5.74) is 0. The summed E-state index contributed by atoms with van der Waals surface area (Å²) >= 11 is 5.76. The van der Waals surface area contributed by atoms with Gasteiger partial charge in [0.25, 0.3) is 0 Å². The fraction of sp³-hybridized carbons (Fsp3) is 0.462. The van der Waals surface area contributed by atoms with Gasteiger partial charge < -0.3 is 14.7 Å². The van der Waals surface area contributed by atoms with E-state index in [-0.39, 0.29) is 18.8 Å². The molecule has 1 aromatic rings. The molecule has 1 rings (SSSR count). The maximum Gasteiger partial charge on any atom is 0.304 e. The van der Waals surface area contributed by atoms with Gasteiger partial charge in [-0.1, -0.05) is 11.6 Å². The average molecular weight is 308 g/mol. The van der Waals surface area contributed by atoms with E-state index in [4.69, 9.17) is 21.4 Å². The third kappa shape index (κ3) is 8.70. The Bertz CT molecular complexity index is 371. The first kappa shape index (κ1) is 18.0. The Labute approximate surface area is 124 Å². The second-order valence-corrected chi connectivity index (χ2v) is 4.54. The highest BCUT2D eigenvalue weighted by molar-refractivity contribution is 6.30. The zero-order valence-corrected chi connectivity index (χ0v) is 12.4. The number of carboxylic acid groups (broad SMARTS) is 1. The minimum Gasteiger partial charge on any atom is -0.494 e. The number of carbonyl (C=O) groups is 1. The van der Waals surface area contributed by atoms with Crippen LogP contribution in [-0.4, -0.2) is 42.7 Å². The van der Waals surface area contributed by atoms with E-state index in [1.807, 2.05) is 24.1 Å². The minimum atomic E-state index is -0.765. The van der Waals surface area contributed by atoms with Gasteiger partial charge in [0.05, 0.1) is 13.0 Å². The molecule has 0 unspecified atom stereocenters. The number of nitrogens with zero attached hydrogens (tertiary/aromatic N) is 1. The standard InChI is InChI=1S/C13H18ClNO3.ClH/c1-15(9-7-13(16)17)8-2-10-18-12-5-3-11(14)4-6-12;/h3-6H,2,7-10H2,1H3,(H,16,17);1H. The van der Waals surface area contributed by atoms with Crippen molar-refractivity contribution in [1.29, 1.82) is 0 Å². The molecule has 0 aromatic heterocycles. The van der Waals surface area contributed by atoms with Gasteiger partial charge in [-0.05, 0) is 37.7 Å².